The third kappa shape index (κ3) is 8.40. The second-order valence-corrected chi connectivity index (χ2v) is 13.5. The van der Waals surface area contributed by atoms with Crippen molar-refractivity contribution in [2.24, 2.45) is 0 Å². The maximum Gasteiger partial charge on any atom is 0.264 e. The average molecular weight is 653 g/mol. The predicted octanol–water partition coefficient (Wildman–Crippen LogP) is 6.66. The number of carbonyl (C=O) groups is 2. The summed E-state index contributed by atoms with van der Waals surface area (Å²) in [6.45, 7) is 5.09. The van der Waals surface area contributed by atoms with Crippen LogP contribution in [-0.2, 0) is 32.6 Å². The van der Waals surface area contributed by atoms with Crippen LogP contribution in [0.5, 0.6) is 0 Å². The highest BCUT2D eigenvalue weighted by Crippen LogP contribution is 2.33. The van der Waals surface area contributed by atoms with Crippen molar-refractivity contribution in [3.8, 4) is 0 Å². The van der Waals surface area contributed by atoms with Crippen LogP contribution in [0, 0.1) is 6.92 Å². The highest BCUT2D eigenvalue weighted by atomic mass is 35.5. The number of rotatable bonds is 12. The minimum Gasteiger partial charge on any atom is -0.352 e. The molecule has 230 valence electrons. The molecule has 7 nitrogen and oxygen atoms in total. The van der Waals surface area contributed by atoms with Gasteiger partial charge in [-0.2, -0.15) is 0 Å². The normalized spacial score (nSPS) is 12.0. The maximum absolute atomic E-state index is 14.5. The number of halogens is 2. The van der Waals surface area contributed by atoms with Crippen molar-refractivity contribution in [2.75, 3.05) is 10.8 Å². The highest BCUT2D eigenvalue weighted by Gasteiger charge is 2.35. The number of carbonyl (C=O) groups excluding carboxylic acids is 2. The number of nitrogens with one attached hydrogen (secondary N) is 1. The number of amides is 2. The first-order valence-electron chi connectivity index (χ1n) is 14.2. The summed E-state index contributed by atoms with van der Waals surface area (Å²) in [5.41, 5.74) is 2.69. The zero-order valence-electron chi connectivity index (χ0n) is 24.8. The number of nitrogens with zero attached hydrogens (tertiary/aromatic N) is 2. The second kappa shape index (κ2) is 14.8. The van der Waals surface area contributed by atoms with E-state index in [1.54, 1.807) is 24.3 Å². The van der Waals surface area contributed by atoms with Gasteiger partial charge in [0.15, 0.2) is 0 Å². The Labute approximate surface area is 269 Å². The van der Waals surface area contributed by atoms with E-state index < -0.39 is 28.5 Å². The fourth-order valence-corrected chi connectivity index (χ4v) is 6.73. The van der Waals surface area contributed by atoms with E-state index in [0.717, 1.165) is 21.0 Å². The molecule has 4 aromatic rings. The van der Waals surface area contributed by atoms with Crippen molar-refractivity contribution in [1.82, 2.24) is 10.2 Å². The Balaban J connectivity index is 1.83. The molecule has 0 saturated heterocycles. The average Bonchev–Trinajstić information content (AvgIpc) is 2.99. The van der Waals surface area contributed by atoms with Crippen molar-refractivity contribution < 1.29 is 18.0 Å². The Morgan fingerprint density at radius 1 is 0.818 bits per heavy atom. The van der Waals surface area contributed by atoms with E-state index in [1.165, 1.54) is 29.2 Å². The van der Waals surface area contributed by atoms with E-state index in [2.05, 4.69) is 5.32 Å². The molecular weight excluding hydrogens is 617 g/mol. The summed E-state index contributed by atoms with van der Waals surface area (Å²) in [4.78, 5) is 29.7. The van der Waals surface area contributed by atoms with Gasteiger partial charge in [-0.25, -0.2) is 8.42 Å². The zero-order valence-corrected chi connectivity index (χ0v) is 27.1. The molecule has 0 spiro atoms. The first kappa shape index (κ1) is 33.1. The van der Waals surface area contributed by atoms with Crippen molar-refractivity contribution >= 4 is 50.7 Å². The first-order valence-corrected chi connectivity index (χ1v) is 16.4. The topological polar surface area (TPSA) is 86.8 Å². The largest absolute Gasteiger partial charge is 0.352 e. The molecule has 0 fully saturated rings. The van der Waals surface area contributed by atoms with E-state index >= 15 is 0 Å². The number of anilines is 1. The van der Waals surface area contributed by atoms with Crippen molar-refractivity contribution in [3.63, 3.8) is 0 Å². The summed E-state index contributed by atoms with van der Waals surface area (Å²) < 4.78 is 29.1. The van der Waals surface area contributed by atoms with Gasteiger partial charge < -0.3 is 10.2 Å². The molecule has 0 saturated carbocycles. The minimum absolute atomic E-state index is 0.0209. The van der Waals surface area contributed by atoms with Crippen LogP contribution in [0.3, 0.4) is 0 Å². The standard InChI is InChI=1S/C34H35Cl2N3O4S/c1-24(2)37-34(41)32(20-26-12-6-4-7-13-26)38(22-27-14-10-11-25(3)19-27)33(40)23-39(31-21-28(35)17-18-30(31)36)44(42,43)29-15-8-5-9-16-29/h4-19,21,24,32H,20,22-23H2,1-3H3,(H,37,41)/t32-/m1/s1. The molecule has 0 radical (unpaired) electrons. The summed E-state index contributed by atoms with van der Waals surface area (Å²) >= 11 is 12.8. The van der Waals surface area contributed by atoms with Gasteiger partial charge in [-0.05, 0) is 62.2 Å². The van der Waals surface area contributed by atoms with Crippen LogP contribution in [0.4, 0.5) is 5.69 Å². The van der Waals surface area contributed by atoms with Gasteiger partial charge in [0.05, 0.1) is 15.6 Å². The van der Waals surface area contributed by atoms with Crippen LogP contribution in [0.15, 0.2) is 108 Å². The van der Waals surface area contributed by atoms with Gasteiger partial charge in [0, 0.05) is 24.0 Å². The molecule has 0 unspecified atom stereocenters. The molecule has 4 rings (SSSR count). The lowest BCUT2D eigenvalue weighted by Crippen LogP contribution is -2.54. The molecule has 0 aromatic heterocycles. The van der Waals surface area contributed by atoms with Crippen LogP contribution in [0.2, 0.25) is 10.0 Å². The van der Waals surface area contributed by atoms with Gasteiger partial charge in [0.25, 0.3) is 10.0 Å². The molecule has 0 bridgehead atoms. The molecule has 1 N–H and O–H groups in total. The van der Waals surface area contributed by atoms with Crippen molar-refractivity contribution in [3.05, 3.63) is 130 Å². The maximum atomic E-state index is 14.5. The quantitative estimate of drug-likeness (QED) is 0.186. The Morgan fingerprint density at radius 2 is 1.45 bits per heavy atom. The molecule has 44 heavy (non-hydrogen) atoms. The Hall–Kier alpha value is -3.85. The van der Waals surface area contributed by atoms with Gasteiger partial charge in [-0.3, -0.25) is 13.9 Å². The molecule has 10 heteroatoms. The van der Waals surface area contributed by atoms with Crippen LogP contribution in [0.1, 0.15) is 30.5 Å². The van der Waals surface area contributed by atoms with Crippen LogP contribution >= 0.6 is 23.2 Å². The molecule has 1 atom stereocenters. The lowest BCUT2D eigenvalue weighted by atomic mass is 10.0. The second-order valence-electron chi connectivity index (χ2n) is 10.8. The van der Waals surface area contributed by atoms with Gasteiger partial charge in [0.1, 0.15) is 12.6 Å². The molecule has 0 aliphatic carbocycles. The molecule has 0 aliphatic heterocycles. The smallest absolute Gasteiger partial charge is 0.264 e. The number of hydrogen-bond donors (Lipinski definition) is 1. The number of sulfonamides is 1. The summed E-state index contributed by atoms with van der Waals surface area (Å²) in [6, 6.07) is 28.1. The van der Waals surface area contributed by atoms with Gasteiger partial charge in [-0.15, -0.1) is 0 Å². The first-order chi connectivity index (χ1) is 21.0. The monoisotopic (exact) mass is 651 g/mol. The molecule has 0 aliphatic rings. The van der Waals surface area contributed by atoms with Crippen LogP contribution in [0.25, 0.3) is 0 Å². The third-order valence-electron chi connectivity index (χ3n) is 6.92. The van der Waals surface area contributed by atoms with Gasteiger partial charge in [0.2, 0.25) is 11.8 Å². The number of aryl methyl sites for hydroxylation is 1. The third-order valence-corrected chi connectivity index (χ3v) is 9.25. The van der Waals surface area contributed by atoms with E-state index in [0.29, 0.717) is 0 Å². The van der Waals surface area contributed by atoms with Crippen molar-refractivity contribution in [2.45, 2.75) is 50.7 Å². The SMILES string of the molecule is Cc1cccc(CN(C(=O)CN(c2cc(Cl)ccc2Cl)S(=O)(=O)c2ccccc2)[C@H](Cc2ccccc2)C(=O)NC(C)C)c1. The van der Waals surface area contributed by atoms with E-state index in [-0.39, 0.29) is 45.5 Å². The minimum atomic E-state index is -4.28. The number of benzene rings is 4. The molecule has 4 aromatic carbocycles. The molecule has 2 amide bonds. The Morgan fingerprint density at radius 3 is 2.09 bits per heavy atom. The van der Waals surface area contributed by atoms with Crippen LogP contribution in [-0.4, -0.2) is 43.8 Å². The fraction of sp³-hybridized carbons (Fsp3) is 0.235. The highest BCUT2D eigenvalue weighted by molar-refractivity contribution is 7.92. The molecular formula is C34H35Cl2N3O4S. The summed E-state index contributed by atoms with van der Waals surface area (Å²) in [5, 5.41) is 3.30. The fourth-order valence-electron chi connectivity index (χ4n) is 4.85. The lowest BCUT2D eigenvalue weighted by molar-refractivity contribution is -0.140. The van der Waals surface area contributed by atoms with E-state index in [1.807, 2.05) is 75.4 Å². The Bertz CT molecular complexity index is 1700. The zero-order chi connectivity index (χ0) is 31.9. The van der Waals surface area contributed by atoms with Crippen LogP contribution < -0.4 is 9.62 Å². The lowest BCUT2D eigenvalue weighted by Gasteiger charge is -2.34. The Kier molecular flexibility index (Phi) is 11.1. The van der Waals surface area contributed by atoms with Gasteiger partial charge >= 0.3 is 0 Å². The van der Waals surface area contributed by atoms with Gasteiger partial charge in [-0.1, -0.05) is 102 Å². The summed E-state index contributed by atoms with van der Waals surface area (Å²) in [6.07, 6.45) is 0.223. The summed E-state index contributed by atoms with van der Waals surface area (Å²) in [5.74, 6) is -0.926. The van der Waals surface area contributed by atoms with Crippen molar-refractivity contribution in [1.29, 1.82) is 0 Å². The number of hydrogen-bond acceptors (Lipinski definition) is 4. The van der Waals surface area contributed by atoms with E-state index in [9.17, 15) is 18.0 Å². The predicted molar refractivity (Wildman–Crippen MR) is 176 cm³/mol. The van der Waals surface area contributed by atoms with E-state index in [4.69, 9.17) is 23.2 Å². The molecule has 0 heterocycles. The summed E-state index contributed by atoms with van der Waals surface area (Å²) in [7, 11) is -4.28.